The third kappa shape index (κ3) is 3.68. The van der Waals surface area contributed by atoms with Gasteiger partial charge in [-0.2, -0.15) is 4.31 Å². The summed E-state index contributed by atoms with van der Waals surface area (Å²) in [6, 6.07) is 3.78. The Morgan fingerprint density at radius 2 is 2.21 bits per heavy atom. The Bertz CT molecular complexity index is 558. The van der Waals surface area contributed by atoms with Crippen LogP contribution in [0.2, 0.25) is 0 Å². The van der Waals surface area contributed by atoms with Crippen molar-refractivity contribution in [3.05, 3.63) is 30.0 Å². The molecule has 1 saturated carbocycles. The SMILES string of the molecule is C=C(C)CN(C)S(=O)(=O)c1ccc(CNC2CC2)o1. The van der Waals surface area contributed by atoms with Crippen molar-refractivity contribution in [3.8, 4) is 0 Å². The van der Waals surface area contributed by atoms with Gasteiger partial charge >= 0.3 is 0 Å². The minimum absolute atomic E-state index is 0.0103. The smallest absolute Gasteiger partial charge is 0.276 e. The van der Waals surface area contributed by atoms with Crippen LogP contribution < -0.4 is 5.32 Å². The molecule has 19 heavy (non-hydrogen) atoms. The van der Waals surface area contributed by atoms with E-state index in [4.69, 9.17) is 4.42 Å². The first-order valence-electron chi connectivity index (χ1n) is 6.32. The minimum Gasteiger partial charge on any atom is -0.447 e. The number of hydrogen-bond acceptors (Lipinski definition) is 4. The average molecular weight is 284 g/mol. The lowest BCUT2D eigenvalue weighted by atomic mass is 10.4. The molecule has 5 nitrogen and oxygen atoms in total. The van der Waals surface area contributed by atoms with Crippen molar-refractivity contribution in [1.29, 1.82) is 0 Å². The summed E-state index contributed by atoms with van der Waals surface area (Å²) in [5.74, 6) is 0.647. The zero-order valence-corrected chi connectivity index (χ0v) is 12.2. The van der Waals surface area contributed by atoms with Gasteiger partial charge in [-0.1, -0.05) is 12.2 Å². The number of nitrogens with one attached hydrogen (secondary N) is 1. The number of hydrogen-bond donors (Lipinski definition) is 1. The van der Waals surface area contributed by atoms with Crippen LogP contribution in [0.5, 0.6) is 0 Å². The molecule has 0 aromatic carbocycles. The highest BCUT2D eigenvalue weighted by molar-refractivity contribution is 7.89. The highest BCUT2D eigenvalue weighted by Crippen LogP contribution is 2.21. The first-order chi connectivity index (χ1) is 8.89. The second-order valence-corrected chi connectivity index (χ2v) is 7.07. The van der Waals surface area contributed by atoms with Gasteiger partial charge in [0.25, 0.3) is 10.0 Å². The van der Waals surface area contributed by atoms with Crippen molar-refractivity contribution >= 4 is 10.0 Å². The lowest BCUT2D eigenvalue weighted by molar-refractivity contribution is 0.384. The Kier molecular flexibility index (Phi) is 4.13. The van der Waals surface area contributed by atoms with Crippen LogP contribution in [-0.2, 0) is 16.6 Å². The molecule has 106 valence electrons. The van der Waals surface area contributed by atoms with Gasteiger partial charge in [0.2, 0.25) is 5.09 Å². The maximum Gasteiger partial charge on any atom is 0.276 e. The molecule has 0 bridgehead atoms. The molecule has 2 rings (SSSR count). The van der Waals surface area contributed by atoms with Crippen molar-refractivity contribution in [2.45, 2.75) is 37.4 Å². The zero-order valence-electron chi connectivity index (χ0n) is 11.3. The third-order valence-electron chi connectivity index (χ3n) is 2.94. The summed E-state index contributed by atoms with van der Waals surface area (Å²) in [7, 11) is -2.04. The van der Waals surface area contributed by atoms with Crippen LogP contribution in [-0.4, -0.2) is 32.4 Å². The normalized spacial score (nSPS) is 15.9. The summed E-state index contributed by atoms with van der Waals surface area (Å²) in [4.78, 5) is 0. The summed E-state index contributed by atoms with van der Waals surface area (Å²) in [5, 5.41) is 3.27. The Hall–Kier alpha value is -1.11. The Morgan fingerprint density at radius 1 is 1.53 bits per heavy atom. The van der Waals surface area contributed by atoms with E-state index in [1.807, 2.05) is 0 Å². The molecule has 1 fully saturated rings. The fourth-order valence-corrected chi connectivity index (χ4v) is 2.89. The van der Waals surface area contributed by atoms with E-state index in [1.165, 1.54) is 30.3 Å². The van der Waals surface area contributed by atoms with E-state index < -0.39 is 10.0 Å². The lowest BCUT2D eigenvalue weighted by Gasteiger charge is -2.14. The molecule has 0 saturated heterocycles. The van der Waals surface area contributed by atoms with Gasteiger partial charge in [0, 0.05) is 19.6 Å². The second-order valence-electron chi connectivity index (χ2n) is 5.09. The van der Waals surface area contributed by atoms with E-state index in [0.717, 1.165) is 5.57 Å². The molecule has 1 aromatic rings. The standard InChI is InChI=1S/C13H20N2O3S/c1-10(2)9-15(3)19(16,17)13-7-6-12(18-13)8-14-11-4-5-11/h6-7,11,14H,1,4-5,8-9H2,2-3H3. The van der Waals surface area contributed by atoms with Crippen LogP contribution in [0.25, 0.3) is 0 Å². The zero-order chi connectivity index (χ0) is 14.0. The van der Waals surface area contributed by atoms with E-state index in [2.05, 4.69) is 11.9 Å². The van der Waals surface area contributed by atoms with E-state index in [0.29, 0.717) is 24.9 Å². The molecule has 1 aliphatic rings. The molecule has 6 heteroatoms. The first-order valence-corrected chi connectivity index (χ1v) is 7.76. The van der Waals surface area contributed by atoms with Gasteiger partial charge in [-0.25, -0.2) is 8.42 Å². The predicted octanol–water partition coefficient (Wildman–Crippen LogP) is 1.73. The predicted molar refractivity (Wildman–Crippen MR) is 73.2 cm³/mol. The topological polar surface area (TPSA) is 62.6 Å². The number of sulfonamides is 1. The largest absolute Gasteiger partial charge is 0.447 e. The van der Waals surface area contributed by atoms with E-state index in [1.54, 1.807) is 13.0 Å². The van der Waals surface area contributed by atoms with Crippen LogP contribution in [0.3, 0.4) is 0 Å². The van der Waals surface area contributed by atoms with Gasteiger partial charge in [0.1, 0.15) is 5.76 Å². The van der Waals surface area contributed by atoms with Crippen LogP contribution in [0, 0.1) is 0 Å². The number of nitrogens with zero attached hydrogens (tertiary/aromatic N) is 1. The van der Waals surface area contributed by atoms with Crippen molar-refractivity contribution in [3.63, 3.8) is 0 Å². The van der Waals surface area contributed by atoms with Crippen LogP contribution in [0.1, 0.15) is 25.5 Å². The van der Waals surface area contributed by atoms with E-state index in [9.17, 15) is 8.42 Å². The summed E-state index contributed by atoms with van der Waals surface area (Å²) < 4.78 is 31.1. The Balaban J connectivity index is 2.04. The molecule has 1 aliphatic carbocycles. The maximum absolute atomic E-state index is 12.2. The summed E-state index contributed by atoms with van der Waals surface area (Å²) in [5.41, 5.74) is 0.785. The highest BCUT2D eigenvalue weighted by atomic mass is 32.2. The molecule has 0 unspecified atom stereocenters. The third-order valence-corrected chi connectivity index (χ3v) is 4.61. The number of rotatable bonds is 7. The van der Waals surface area contributed by atoms with Crippen LogP contribution in [0.15, 0.2) is 33.8 Å². The lowest BCUT2D eigenvalue weighted by Crippen LogP contribution is -2.28. The van der Waals surface area contributed by atoms with Gasteiger partial charge in [0.15, 0.2) is 0 Å². The molecule has 1 aromatic heterocycles. The number of furan rings is 1. The van der Waals surface area contributed by atoms with Crippen LogP contribution in [0.4, 0.5) is 0 Å². The highest BCUT2D eigenvalue weighted by Gasteiger charge is 2.25. The molecular weight excluding hydrogens is 264 g/mol. The minimum atomic E-state index is -3.56. The van der Waals surface area contributed by atoms with Gasteiger partial charge < -0.3 is 9.73 Å². The summed E-state index contributed by atoms with van der Waals surface area (Å²) in [6.07, 6.45) is 2.38. The second kappa shape index (κ2) is 5.48. The molecule has 0 radical (unpaired) electrons. The van der Waals surface area contributed by atoms with Gasteiger partial charge in [-0.3, -0.25) is 0 Å². The Labute approximate surface area is 114 Å². The van der Waals surface area contributed by atoms with Crippen molar-refractivity contribution in [1.82, 2.24) is 9.62 Å². The first kappa shape index (κ1) is 14.3. The molecular formula is C13H20N2O3S. The van der Waals surface area contributed by atoms with Crippen molar-refractivity contribution < 1.29 is 12.8 Å². The fraction of sp³-hybridized carbons (Fsp3) is 0.538. The van der Waals surface area contributed by atoms with Gasteiger partial charge in [-0.15, -0.1) is 0 Å². The quantitative estimate of drug-likeness (QED) is 0.775. The fourth-order valence-electron chi connectivity index (χ4n) is 1.74. The monoisotopic (exact) mass is 284 g/mol. The Morgan fingerprint density at radius 3 is 2.79 bits per heavy atom. The maximum atomic E-state index is 12.2. The van der Waals surface area contributed by atoms with Gasteiger partial charge in [0.05, 0.1) is 6.54 Å². The molecule has 0 atom stereocenters. The molecule has 1 N–H and O–H groups in total. The molecule has 1 heterocycles. The van der Waals surface area contributed by atoms with E-state index in [-0.39, 0.29) is 5.09 Å². The molecule has 0 amide bonds. The molecule has 0 aliphatic heterocycles. The summed E-state index contributed by atoms with van der Waals surface area (Å²) >= 11 is 0. The van der Waals surface area contributed by atoms with Crippen molar-refractivity contribution in [2.75, 3.05) is 13.6 Å². The number of likely N-dealkylation sites (N-methyl/N-ethyl adjacent to an activating group) is 1. The molecule has 0 spiro atoms. The average Bonchev–Trinajstić information content (AvgIpc) is 3.02. The van der Waals surface area contributed by atoms with Crippen LogP contribution >= 0.6 is 0 Å². The van der Waals surface area contributed by atoms with Crippen molar-refractivity contribution in [2.24, 2.45) is 0 Å². The van der Waals surface area contributed by atoms with E-state index >= 15 is 0 Å². The summed E-state index contributed by atoms with van der Waals surface area (Å²) in [6.45, 7) is 6.37. The van der Waals surface area contributed by atoms with Gasteiger partial charge in [-0.05, 0) is 31.9 Å².